The summed E-state index contributed by atoms with van der Waals surface area (Å²) in [5, 5.41) is 9.39. The van der Waals surface area contributed by atoms with Crippen LogP contribution >= 0.6 is 0 Å². The van der Waals surface area contributed by atoms with Crippen molar-refractivity contribution in [2.75, 3.05) is 30.4 Å². The molecule has 0 unspecified atom stereocenters. The molecule has 10 heteroatoms. The van der Waals surface area contributed by atoms with Gasteiger partial charge in [0.1, 0.15) is 12.1 Å². The number of anilines is 2. The summed E-state index contributed by atoms with van der Waals surface area (Å²) >= 11 is 0. The van der Waals surface area contributed by atoms with Gasteiger partial charge in [0.15, 0.2) is 17.5 Å². The fourth-order valence-corrected chi connectivity index (χ4v) is 4.72. The van der Waals surface area contributed by atoms with Crippen LogP contribution in [0.1, 0.15) is 31.2 Å². The molecule has 2 aliphatic rings. The lowest BCUT2D eigenvalue weighted by molar-refractivity contribution is -0.115. The number of benzene rings is 1. The van der Waals surface area contributed by atoms with Crippen molar-refractivity contribution < 1.29 is 13.9 Å². The van der Waals surface area contributed by atoms with Crippen LogP contribution in [0.15, 0.2) is 24.7 Å². The number of methoxy groups -OCH3 is 1. The Morgan fingerprint density at radius 3 is 2.73 bits per heavy atom. The number of aryl methyl sites for hydroxylation is 1. The number of carbonyl (C=O) groups excluding carboxylic acids is 1. The van der Waals surface area contributed by atoms with E-state index in [1.807, 2.05) is 11.8 Å². The summed E-state index contributed by atoms with van der Waals surface area (Å²) in [5.41, 5.74) is 2.34. The molecule has 1 saturated carbocycles. The number of nitrogens with one attached hydrogen (secondary N) is 2. The molecule has 0 radical (unpaired) electrons. The fourth-order valence-electron chi connectivity index (χ4n) is 4.72. The lowest BCUT2D eigenvalue weighted by Crippen LogP contribution is -2.42. The molecule has 1 amide bonds. The van der Waals surface area contributed by atoms with E-state index >= 15 is 0 Å². The monoisotopic (exact) mass is 451 g/mol. The van der Waals surface area contributed by atoms with E-state index in [0.717, 1.165) is 37.8 Å². The predicted octanol–water partition coefficient (Wildman–Crippen LogP) is 3.34. The van der Waals surface area contributed by atoms with Crippen LogP contribution in [0.2, 0.25) is 0 Å². The largest absolute Gasteiger partial charge is 0.381 e. The molecule has 1 aromatic carbocycles. The van der Waals surface area contributed by atoms with Crippen LogP contribution in [0.3, 0.4) is 0 Å². The first kappa shape index (κ1) is 21.4. The maximum Gasteiger partial charge on any atom is 0.245 e. The lowest BCUT2D eigenvalue weighted by Gasteiger charge is -2.35. The first-order chi connectivity index (χ1) is 16.0. The highest BCUT2D eigenvalue weighted by Gasteiger charge is 2.29. The number of rotatable bonds is 5. The third-order valence-electron chi connectivity index (χ3n) is 6.50. The average Bonchev–Trinajstić information content (AvgIpc) is 3.35. The van der Waals surface area contributed by atoms with Gasteiger partial charge >= 0.3 is 0 Å². The van der Waals surface area contributed by atoms with Crippen molar-refractivity contribution in [3.05, 3.63) is 36.0 Å². The molecule has 172 valence electrons. The number of H-pyrrole nitrogens is 1. The smallest absolute Gasteiger partial charge is 0.245 e. The van der Waals surface area contributed by atoms with Crippen molar-refractivity contribution in [3.63, 3.8) is 0 Å². The number of halogens is 1. The second-order valence-corrected chi connectivity index (χ2v) is 8.70. The highest BCUT2D eigenvalue weighted by Crippen LogP contribution is 2.34. The molecule has 5 rings (SSSR count). The van der Waals surface area contributed by atoms with Gasteiger partial charge in [0.05, 0.1) is 30.1 Å². The van der Waals surface area contributed by atoms with Gasteiger partial charge in [-0.3, -0.25) is 9.89 Å². The van der Waals surface area contributed by atoms with Crippen LogP contribution < -0.4 is 10.2 Å². The van der Waals surface area contributed by atoms with Crippen LogP contribution in [-0.4, -0.2) is 57.4 Å². The number of aromatic nitrogens is 5. The number of amides is 1. The van der Waals surface area contributed by atoms with Crippen molar-refractivity contribution >= 4 is 17.5 Å². The van der Waals surface area contributed by atoms with Gasteiger partial charge in [-0.15, -0.1) is 0 Å². The van der Waals surface area contributed by atoms with E-state index < -0.39 is 5.82 Å². The Morgan fingerprint density at radius 2 is 2.00 bits per heavy atom. The van der Waals surface area contributed by atoms with Gasteiger partial charge in [0, 0.05) is 19.2 Å². The maximum atomic E-state index is 14.9. The Kier molecular flexibility index (Phi) is 5.76. The predicted molar refractivity (Wildman–Crippen MR) is 121 cm³/mol. The Labute approximate surface area is 190 Å². The summed E-state index contributed by atoms with van der Waals surface area (Å²) in [6.07, 6.45) is 7.45. The minimum atomic E-state index is -0.435. The van der Waals surface area contributed by atoms with E-state index in [9.17, 15) is 9.18 Å². The lowest BCUT2D eigenvalue weighted by atomic mass is 9.87. The molecule has 0 spiro atoms. The molecule has 3 aromatic rings. The summed E-state index contributed by atoms with van der Waals surface area (Å²) in [6.45, 7) is 2.85. The molecular weight excluding hydrogens is 425 g/mol. The van der Waals surface area contributed by atoms with Gasteiger partial charge < -0.3 is 15.0 Å². The van der Waals surface area contributed by atoms with Crippen LogP contribution in [0.25, 0.3) is 22.6 Å². The zero-order valence-electron chi connectivity index (χ0n) is 18.6. The number of carbonyl (C=O) groups is 1. The Hall–Kier alpha value is -3.40. The van der Waals surface area contributed by atoms with Gasteiger partial charge in [-0.2, -0.15) is 5.10 Å². The van der Waals surface area contributed by atoms with Gasteiger partial charge in [-0.1, -0.05) is 0 Å². The molecule has 1 fully saturated rings. The molecule has 0 saturated heterocycles. The molecule has 2 aromatic heterocycles. The minimum Gasteiger partial charge on any atom is -0.381 e. The van der Waals surface area contributed by atoms with Crippen molar-refractivity contribution in [1.82, 2.24) is 25.1 Å². The number of hydrogen-bond donors (Lipinski definition) is 2. The van der Waals surface area contributed by atoms with Gasteiger partial charge in [-0.05, 0) is 56.2 Å². The van der Waals surface area contributed by atoms with Gasteiger partial charge in [-0.25, -0.2) is 19.3 Å². The first-order valence-corrected chi connectivity index (χ1v) is 11.1. The highest BCUT2D eigenvalue weighted by molar-refractivity contribution is 5.99. The van der Waals surface area contributed by atoms with E-state index in [4.69, 9.17) is 9.72 Å². The van der Waals surface area contributed by atoms with E-state index in [1.165, 1.54) is 12.4 Å². The third-order valence-corrected chi connectivity index (χ3v) is 6.50. The molecule has 1 aliphatic carbocycles. The topological polar surface area (TPSA) is 109 Å². The van der Waals surface area contributed by atoms with Crippen LogP contribution in [0.4, 0.5) is 16.0 Å². The molecule has 0 bridgehead atoms. The average molecular weight is 452 g/mol. The van der Waals surface area contributed by atoms with Gasteiger partial charge in [0.25, 0.3) is 0 Å². The molecule has 2 N–H and O–H groups in total. The summed E-state index contributed by atoms with van der Waals surface area (Å²) in [5.74, 6) is 1.29. The summed E-state index contributed by atoms with van der Waals surface area (Å²) < 4.78 is 20.4. The van der Waals surface area contributed by atoms with Crippen molar-refractivity contribution in [1.29, 1.82) is 0 Å². The summed E-state index contributed by atoms with van der Waals surface area (Å²) in [6, 6.07) is 3.15. The summed E-state index contributed by atoms with van der Waals surface area (Å²) in [4.78, 5) is 27.6. The second-order valence-electron chi connectivity index (χ2n) is 8.70. The van der Waals surface area contributed by atoms with Crippen molar-refractivity contribution in [2.24, 2.45) is 5.92 Å². The van der Waals surface area contributed by atoms with Crippen LogP contribution in [0.5, 0.6) is 0 Å². The van der Waals surface area contributed by atoms with Gasteiger partial charge in [0.2, 0.25) is 5.91 Å². The van der Waals surface area contributed by atoms with E-state index in [2.05, 4.69) is 25.5 Å². The quantitative estimate of drug-likeness (QED) is 0.612. The second kappa shape index (κ2) is 8.86. The minimum absolute atomic E-state index is 0.104. The van der Waals surface area contributed by atoms with Crippen molar-refractivity contribution in [3.8, 4) is 22.6 Å². The zero-order chi connectivity index (χ0) is 22.9. The number of nitrogens with zero attached hydrogens (tertiary/aromatic N) is 5. The van der Waals surface area contributed by atoms with E-state index in [-0.39, 0.29) is 12.5 Å². The van der Waals surface area contributed by atoms with Crippen LogP contribution in [-0.2, 0) is 9.53 Å². The molecule has 9 nitrogen and oxygen atoms in total. The first-order valence-electron chi connectivity index (χ1n) is 11.1. The molecular formula is C23H26FN7O2. The van der Waals surface area contributed by atoms with E-state index in [1.54, 1.807) is 19.4 Å². The number of ether oxygens (including phenoxy) is 1. The number of hydrogen-bond acceptors (Lipinski definition) is 7. The molecule has 1 aliphatic heterocycles. The highest BCUT2D eigenvalue weighted by atomic mass is 19.1. The number of fused-ring (bicyclic) bond motifs is 1. The molecule has 33 heavy (non-hydrogen) atoms. The zero-order valence-corrected chi connectivity index (χ0v) is 18.6. The van der Waals surface area contributed by atoms with E-state index in [0.29, 0.717) is 46.3 Å². The van der Waals surface area contributed by atoms with Crippen molar-refractivity contribution in [2.45, 2.75) is 38.7 Å². The standard InChI is InChI=1S/C23H26FN7O2/c1-13-7-17(21-26-12-27-30-21)18(24)8-16(13)19-9-25-22-23(28-19)31(11-20(32)29-22)10-14-3-5-15(33-2)6-4-14/h7-9,12,14-15H,3-6,10-11H2,1-2H3,(H,25,29,32)(H,26,27,30)/t14-,15+. The molecule has 3 heterocycles. The number of aromatic amines is 1. The third kappa shape index (κ3) is 4.30. The maximum absolute atomic E-state index is 14.9. The summed E-state index contributed by atoms with van der Waals surface area (Å²) in [7, 11) is 1.76. The Morgan fingerprint density at radius 1 is 1.18 bits per heavy atom. The Bertz CT molecular complexity index is 1160. The van der Waals surface area contributed by atoms with Crippen LogP contribution in [0, 0.1) is 18.7 Å². The Balaban J connectivity index is 1.44. The fraction of sp³-hybridized carbons (Fsp3) is 0.435. The molecule has 0 atom stereocenters. The normalized spacial score (nSPS) is 20.5. The SMILES string of the molecule is CO[C@H]1CC[C@@H](CN2CC(=O)Nc3ncc(-c4cc(F)c(-c5nc[nH]n5)cc4C)nc32)CC1.